The molecule has 6 heteroatoms. The van der Waals surface area contributed by atoms with Gasteiger partial charge in [0.05, 0.1) is 12.7 Å². The van der Waals surface area contributed by atoms with Gasteiger partial charge in [-0.25, -0.2) is 4.79 Å². The lowest BCUT2D eigenvalue weighted by Gasteiger charge is -2.24. The van der Waals surface area contributed by atoms with Crippen LogP contribution in [0.4, 0.5) is 5.82 Å². The second-order valence-electron chi connectivity index (χ2n) is 4.96. The summed E-state index contributed by atoms with van der Waals surface area (Å²) in [6, 6.07) is 1.42. The molecule has 1 aliphatic carbocycles. The van der Waals surface area contributed by atoms with E-state index in [1.807, 2.05) is 6.92 Å². The van der Waals surface area contributed by atoms with Gasteiger partial charge in [-0.05, 0) is 18.9 Å². The maximum absolute atomic E-state index is 11.7. The Morgan fingerprint density at radius 2 is 2.41 bits per heavy atom. The third-order valence-corrected chi connectivity index (χ3v) is 3.61. The average Bonchev–Trinajstić information content (AvgIpc) is 2.56. The van der Waals surface area contributed by atoms with Crippen LogP contribution in [0, 0.1) is 5.41 Å². The highest BCUT2D eigenvalue weighted by Crippen LogP contribution is 2.43. The number of hydrogen-bond acceptors (Lipinski definition) is 5. The number of rotatable bonds is 2. The molecule has 94 valence electrons. The van der Waals surface area contributed by atoms with Crippen LogP contribution in [0.25, 0.3) is 0 Å². The van der Waals surface area contributed by atoms with E-state index in [4.69, 9.17) is 5.73 Å². The molecule has 0 aromatic carbocycles. The number of hydrogen-bond donors (Lipinski definition) is 3. The van der Waals surface area contributed by atoms with E-state index in [1.165, 1.54) is 4.57 Å². The standard InChI is InChI=1S/C11H17N3O3/c1-11(6-15)5-7(4-8(11)16)14-3-2-9(12)13-10(14)17/h2-3,7-8,15-16H,4-6H2,1H3,(H2,12,13,17)/t7-,8-,11+/m0/s1. The fourth-order valence-electron chi connectivity index (χ4n) is 2.39. The summed E-state index contributed by atoms with van der Waals surface area (Å²) in [5, 5.41) is 19.2. The van der Waals surface area contributed by atoms with Crippen molar-refractivity contribution in [3.05, 3.63) is 22.7 Å². The number of aliphatic hydroxyl groups is 2. The van der Waals surface area contributed by atoms with Crippen molar-refractivity contribution in [2.45, 2.75) is 31.9 Å². The maximum Gasteiger partial charge on any atom is 0.349 e. The van der Waals surface area contributed by atoms with Crippen LogP contribution in [0.2, 0.25) is 0 Å². The van der Waals surface area contributed by atoms with E-state index >= 15 is 0 Å². The molecule has 1 heterocycles. The fourth-order valence-corrected chi connectivity index (χ4v) is 2.39. The molecule has 1 aromatic rings. The van der Waals surface area contributed by atoms with Gasteiger partial charge in [-0.1, -0.05) is 6.92 Å². The van der Waals surface area contributed by atoms with Crippen molar-refractivity contribution in [2.24, 2.45) is 5.41 Å². The molecule has 2 rings (SSSR count). The minimum atomic E-state index is -0.609. The zero-order valence-electron chi connectivity index (χ0n) is 9.71. The molecular weight excluding hydrogens is 222 g/mol. The van der Waals surface area contributed by atoms with Crippen molar-refractivity contribution in [1.82, 2.24) is 9.55 Å². The first-order chi connectivity index (χ1) is 7.96. The molecule has 0 radical (unpaired) electrons. The first kappa shape index (κ1) is 12.1. The average molecular weight is 239 g/mol. The van der Waals surface area contributed by atoms with Gasteiger partial charge in [0, 0.05) is 17.7 Å². The van der Waals surface area contributed by atoms with Crippen LogP contribution in [0.15, 0.2) is 17.1 Å². The third-order valence-electron chi connectivity index (χ3n) is 3.61. The Balaban J connectivity index is 2.29. The highest BCUT2D eigenvalue weighted by atomic mass is 16.3. The number of aliphatic hydroxyl groups excluding tert-OH is 2. The number of nitrogens with zero attached hydrogens (tertiary/aromatic N) is 2. The first-order valence-corrected chi connectivity index (χ1v) is 5.60. The van der Waals surface area contributed by atoms with Crippen molar-refractivity contribution in [3.8, 4) is 0 Å². The number of nitrogens with two attached hydrogens (primary N) is 1. The second-order valence-corrected chi connectivity index (χ2v) is 4.96. The molecule has 0 bridgehead atoms. The smallest absolute Gasteiger partial charge is 0.349 e. The van der Waals surface area contributed by atoms with E-state index in [2.05, 4.69) is 4.98 Å². The summed E-state index contributed by atoms with van der Waals surface area (Å²) in [4.78, 5) is 15.3. The summed E-state index contributed by atoms with van der Waals surface area (Å²) >= 11 is 0. The van der Waals surface area contributed by atoms with Crippen LogP contribution in [-0.4, -0.2) is 32.5 Å². The van der Waals surface area contributed by atoms with Gasteiger partial charge in [-0.15, -0.1) is 0 Å². The lowest BCUT2D eigenvalue weighted by Crippen LogP contribution is -2.30. The van der Waals surface area contributed by atoms with Crippen molar-refractivity contribution < 1.29 is 10.2 Å². The molecule has 4 N–H and O–H groups in total. The SMILES string of the molecule is C[C@]1(CO)C[C@@H](n2ccc(N)nc2=O)C[C@@H]1O. The molecule has 0 saturated heterocycles. The summed E-state index contributed by atoms with van der Waals surface area (Å²) in [6.07, 6.45) is 1.98. The molecule has 0 unspecified atom stereocenters. The van der Waals surface area contributed by atoms with Crippen molar-refractivity contribution in [3.63, 3.8) is 0 Å². The van der Waals surface area contributed by atoms with Crippen molar-refractivity contribution in [1.29, 1.82) is 0 Å². The molecule has 0 amide bonds. The number of nitrogen functional groups attached to an aromatic ring is 1. The van der Waals surface area contributed by atoms with E-state index in [0.717, 1.165) is 0 Å². The van der Waals surface area contributed by atoms with Crippen molar-refractivity contribution >= 4 is 5.82 Å². The fraction of sp³-hybridized carbons (Fsp3) is 0.636. The quantitative estimate of drug-likeness (QED) is 0.647. The highest BCUT2D eigenvalue weighted by Gasteiger charge is 2.43. The summed E-state index contributed by atoms with van der Waals surface area (Å²) in [6.45, 7) is 1.72. The van der Waals surface area contributed by atoms with Gasteiger partial charge in [-0.2, -0.15) is 4.98 Å². The van der Waals surface area contributed by atoms with Crippen LogP contribution in [0.1, 0.15) is 25.8 Å². The lowest BCUT2D eigenvalue weighted by molar-refractivity contribution is 0.0201. The Morgan fingerprint density at radius 1 is 1.71 bits per heavy atom. The Labute approximate surface area is 98.7 Å². The highest BCUT2D eigenvalue weighted by molar-refractivity contribution is 5.23. The van der Waals surface area contributed by atoms with Gasteiger partial charge in [-0.3, -0.25) is 4.57 Å². The van der Waals surface area contributed by atoms with Crippen LogP contribution < -0.4 is 11.4 Å². The zero-order valence-corrected chi connectivity index (χ0v) is 9.71. The lowest BCUT2D eigenvalue weighted by atomic mass is 9.87. The molecule has 6 nitrogen and oxygen atoms in total. The molecule has 1 aliphatic rings. The maximum atomic E-state index is 11.7. The Morgan fingerprint density at radius 3 is 2.94 bits per heavy atom. The minimum absolute atomic E-state index is 0.0954. The Kier molecular flexibility index (Phi) is 2.92. The molecule has 1 fully saturated rings. The van der Waals surface area contributed by atoms with E-state index in [9.17, 15) is 15.0 Å². The van der Waals surface area contributed by atoms with Crippen LogP contribution in [0.3, 0.4) is 0 Å². The van der Waals surface area contributed by atoms with Crippen LogP contribution in [0.5, 0.6) is 0 Å². The molecule has 0 spiro atoms. The van der Waals surface area contributed by atoms with Crippen molar-refractivity contribution in [2.75, 3.05) is 12.3 Å². The predicted molar refractivity (Wildman–Crippen MR) is 62.4 cm³/mol. The summed E-state index contributed by atoms with van der Waals surface area (Å²) in [5.41, 5.74) is 4.46. The van der Waals surface area contributed by atoms with E-state index < -0.39 is 17.2 Å². The molecule has 1 saturated carbocycles. The summed E-state index contributed by atoms with van der Waals surface area (Å²) in [7, 11) is 0. The Bertz CT molecular complexity index is 473. The predicted octanol–water partition coefficient (Wildman–Crippen LogP) is -0.480. The Hall–Kier alpha value is -1.40. The van der Waals surface area contributed by atoms with Gasteiger partial charge in [0.25, 0.3) is 0 Å². The topological polar surface area (TPSA) is 101 Å². The van der Waals surface area contributed by atoms with E-state index in [1.54, 1.807) is 12.3 Å². The molecule has 3 atom stereocenters. The van der Waals surface area contributed by atoms with Gasteiger partial charge in [0.2, 0.25) is 0 Å². The van der Waals surface area contributed by atoms with E-state index in [0.29, 0.717) is 12.8 Å². The normalized spacial score (nSPS) is 32.9. The van der Waals surface area contributed by atoms with Crippen LogP contribution in [-0.2, 0) is 0 Å². The first-order valence-electron chi connectivity index (χ1n) is 5.60. The minimum Gasteiger partial charge on any atom is -0.396 e. The van der Waals surface area contributed by atoms with Gasteiger partial charge in [0.15, 0.2) is 0 Å². The number of aromatic nitrogens is 2. The largest absolute Gasteiger partial charge is 0.396 e. The molecule has 17 heavy (non-hydrogen) atoms. The van der Waals surface area contributed by atoms with Gasteiger partial charge in [0.1, 0.15) is 5.82 Å². The zero-order chi connectivity index (χ0) is 12.6. The third kappa shape index (κ3) is 2.05. The number of anilines is 1. The monoisotopic (exact) mass is 239 g/mol. The van der Waals surface area contributed by atoms with Gasteiger partial charge < -0.3 is 15.9 Å². The summed E-state index contributed by atoms with van der Waals surface area (Å²) in [5.74, 6) is 0.190. The van der Waals surface area contributed by atoms with Crippen LogP contribution >= 0.6 is 0 Å². The molecule has 0 aliphatic heterocycles. The van der Waals surface area contributed by atoms with Gasteiger partial charge >= 0.3 is 5.69 Å². The molecule has 1 aromatic heterocycles. The summed E-state index contributed by atoms with van der Waals surface area (Å²) < 4.78 is 1.47. The van der Waals surface area contributed by atoms with E-state index in [-0.39, 0.29) is 18.5 Å². The second kappa shape index (κ2) is 4.12. The molecular formula is C11H17N3O3.